The largest absolute Gasteiger partial charge is 0.299 e. The van der Waals surface area contributed by atoms with E-state index in [9.17, 15) is 4.79 Å². The van der Waals surface area contributed by atoms with E-state index in [1.54, 1.807) is 0 Å². The molecule has 0 aliphatic heterocycles. The van der Waals surface area contributed by atoms with Gasteiger partial charge in [0.15, 0.2) is 12.4 Å². The Bertz CT molecular complexity index is 570. The van der Waals surface area contributed by atoms with Crippen LogP contribution >= 0.6 is 0 Å². The molecule has 0 fully saturated rings. The molecule has 35 heavy (non-hydrogen) atoms. The van der Waals surface area contributed by atoms with Crippen LogP contribution in [0.3, 0.4) is 0 Å². The smallest absolute Gasteiger partial charge is 0.168 e. The minimum absolute atomic E-state index is 0.314. The second-order valence-electron chi connectivity index (χ2n) is 11.0. The van der Waals surface area contributed by atoms with Crippen LogP contribution in [-0.4, -0.2) is 5.78 Å². The standard InChI is InChI=1S/C33H60NO/c1-3-5-7-9-11-13-15-17-20-26-32(27-22-25-31-34-29-23-19-24-30-34)33(35)28-21-18-16-14-12-10-8-6-4-2/h19,23-24,29-30,32H,3-18,20-22,25-28,31H2,1-2H3/q+1. The molecule has 1 aromatic rings. The highest BCUT2D eigenvalue weighted by atomic mass is 16.1. The summed E-state index contributed by atoms with van der Waals surface area (Å²) in [6, 6.07) is 6.27. The molecule has 0 amide bonds. The first-order valence-electron chi connectivity index (χ1n) is 15.7. The normalized spacial score (nSPS) is 12.2. The number of hydrogen-bond acceptors (Lipinski definition) is 1. The summed E-state index contributed by atoms with van der Waals surface area (Å²) in [6.07, 6.45) is 33.9. The van der Waals surface area contributed by atoms with E-state index in [-0.39, 0.29) is 0 Å². The fourth-order valence-electron chi connectivity index (χ4n) is 5.25. The zero-order chi connectivity index (χ0) is 25.2. The molecule has 0 spiro atoms. The first kappa shape index (κ1) is 31.8. The second-order valence-corrected chi connectivity index (χ2v) is 11.0. The second kappa shape index (κ2) is 24.5. The molecule has 0 N–H and O–H groups in total. The Morgan fingerprint density at radius 1 is 0.543 bits per heavy atom. The third-order valence-corrected chi connectivity index (χ3v) is 7.63. The zero-order valence-corrected chi connectivity index (χ0v) is 23.8. The van der Waals surface area contributed by atoms with Crippen LogP contribution in [0.1, 0.15) is 162 Å². The summed E-state index contributed by atoms with van der Waals surface area (Å²) in [5.41, 5.74) is 0. The summed E-state index contributed by atoms with van der Waals surface area (Å²) in [5.74, 6) is 0.884. The van der Waals surface area contributed by atoms with Crippen molar-refractivity contribution in [1.29, 1.82) is 0 Å². The highest BCUT2D eigenvalue weighted by molar-refractivity contribution is 5.80. The third-order valence-electron chi connectivity index (χ3n) is 7.63. The molecular weight excluding hydrogens is 426 g/mol. The number of nitrogens with zero attached hydrogens (tertiary/aromatic N) is 1. The number of ketones is 1. The van der Waals surface area contributed by atoms with Gasteiger partial charge in [-0.15, -0.1) is 0 Å². The minimum atomic E-state index is 0.314. The van der Waals surface area contributed by atoms with Crippen LogP contribution in [0.2, 0.25) is 0 Å². The van der Waals surface area contributed by atoms with E-state index in [1.807, 2.05) is 0 Å². The lowest BCUT2D eigenvalue weighted by molar-refractivity contribution is -0.697. The van der Waals surface area contributed by atoms with E-state index < -0.39 is 0 Å². The molecule has 0 bridgehead atoms. The zero-order valence-electron chi connectivity index (χ0n) is 23.8. The third kappa shape index (κ3) is 19.7. The van der Waals surface area contributed by atoms with Gasteiger partial charge < -0.3 is 0 Å². The Morgan fingerprint density at radius 3 is 1.49 bits per heavy atom. The lowest BCUT2D eigenvalue weighted by Gasteiger charge is -2.16. The van der Waals surface area contributed by atoms with Gasteiger partial charge in [0.1, 0.15) is 12.3 Å². The SMILES string of the molecule is CCCCCCCCCCCC(=O)C(CCCCCCCCCCC)CCCC[n+]1ccccc1. The van der Waals surface area contributed by atoms with E-state index in [2.05, 4.69) is 49.0 Å². The van der Waals surface area contributed by atoms with Crippen molar-refractivity contribution in [1.82, 2.24) is 0 Å². The van der Waals surface area contributed by atoms with E-state index >= 15 is 0 Å². The van der Waals surface area contributed by atoms with Gasteiger partial charge in [-0.05, 0) is 25.7 Å². The van der Waals surface area contributed by atoms with Gasteiger partial charge >= 0.3 is 0 Å². The summed E-state index contributed by atoms with van der Waals surface area (Å²) in [6.45, 7) is 5.63. The van der Waals surface area contributed by atoms with Gasteiger partial charge in [-0.25, -0.2) is 4.57 Å². The lowest BCUT2D eigenvalue weighted by Crippen LogP contribution is -2.32. The molecule has 0 aliphatic carbocycles. The first-order chi connectivity index (χ1) is 17.3. The summed E-state index contributed by atoms with van der Waals surface area (Å²) >= 11 is 0. The molecule has 0 radical (unpaired) electrons. The van der Waals surface area contributed by atoms with Gasteiger partial charge in [0, 0.05) is 30.9 Å². The van der Waals surface area contributed by atoms with Gasteiger partial charge in [-0.1, -0.05) is 129 Å². The Kier molecular flexibility index (Phi) is 22.3. The van der Waals surface area contributed by atoms with E-state index in [1.165, 1.54) is 122 Å². The van der Waals surface area contributed by atoms with Gasteiger partial charge in [0.05, 0.1) is 0 Å². The maximum Gasteiger partial charge on any atom is 0.168 e. The topological polar surface area (TPSA) is 20.9 Å². The first-order valence-corrected chi connectivity index (χ1v) is 15.7. The fourth-order valence-corrected chi connectivity index (χ4v) is 5.25. The molecule has 1 unspecified atom stereocenters. The van der Waals surface area contributed by atoms with Crippen molar-refractivity contribution in [2.75, 3.05) is 0 Å². The highest BCUT2D eigenvalue weighted by Crippen LogP contribution is 2.22. The summed E-state index contributed by atoms with van der Waals surface area (Å²) in [7, 11) is 0. The monoisotopic (exact) mass is 486 g/mol. The lowest BCUT2D eigenvalue weighted by atomic mass is 9.88. The van der Waals surface area contributed by atoms with Crippen molar-refractivity contribution in [2.24, 2.45) is 5.92 Å². The quantitative estimate of drug-likeness (QED) is 0.0942. The number of hydrogen-bond donors (Lipinski definition) is 0. The summed E-state index contributed by atoms with van der Waals surface area (Å²) in [4.78, 5) is 13.1. The van der Waals surface area contributed by atoms with Gasteiger partial charge in [-0.3, -0.25) is 4.79 Å². The van der Waals surface area contributed by atoms with Gasteiger partial charge in [0.2, 0.25) is 0 Å². The van der Waals surface area contributed by atoms with Crippen molar-refractivity contribution >= 4 is 5.78 Å². The number of rotatable bonds is 26. The number of carbonyl (C=O) groups excluding carboxylic acids is 1. The van der Waals surface area contributed by atoms with Gasteiger partial charge in [0.25, 0.3) is 0 Å². The average Bonchev–Trinajstić information content (AvgIpc) is 2.88. The molecule has 0 saturated carbocycles. The molecule has 202 valence electrons. The van der Waals surface area contributed by atoms with Crippen molar-refractivity contribution in [3.05, 3.63) is 30.6 Å². The van der Waals surface area contributed by atoms with Crippen LogP contribution in [0, 0.1) is 5.92 Å². The molecule has 2 nitrogen and oxygen atoms in total. The predicted octanol–water partition coefficient (Wildman–Crippen LogP) is 10.2. The van der Waals surface area contributed by atoms with E-state index in [0.29, 0.717) is 11.7 Å². The molecule has 1 heterocycles. The van der Waals surface area contributed by atoms with Crippen molar-refractivity contribution < 1.29 is 9.36 Å². The molecule has 0 aromatic carbocycles. The number of aromatic nitrogens is 1. The summed E-state index contributed by atoms with van der Waals surface area (Å²) < 4.78 is 2.26. The molecule has 0 saturated heterocycles. The number of carbonyl (C=O) groups is 1. The molecule has 2 heteroatoms. The van der Waals surface area contributed by atoms with Crippen molar-refractivity contribution in [3.63, 3.8) is 0 Å². The fraction of sp³-hybridized carbons (Fsp3) is 0.818. The van der Waals surface area contributed by atoms with E-state index in [4.69, 9.17) is 0 Å². The minimum Gasteiger partial charge on any atom is -0.299 e. The molecule has 1 atom stereocenters. The van der Waals surface area contributed by atoms with Crippen LogP contribution < -0.4 is 4.57 Å². The molecule has 1 aromatic heterocycles. The van der Waals surface area contributed by atoms with Crippen molar-refractivity contribution in [3.8, 4) is 0 Å². The molecule has 1 rings (SSSR count). The van der Waals surface area contributed by atoms with Crippen LogP contribution in [-0.2, 0) is 11.3 Å². The van der Waals surface area contributed by atoms with Crippen LogP contribution in [0.15, 0.2) is 30.6 Å². The number of unbranched alkanes of at least 4 members (excludes halogenated alkanes) is 17. The van der Waals surface area contributed by atoms with E-state index in [0.717, 1.165) is 32.2 Å². The number of aryl methyl sites for hydroxylation is 1. The van der Waals surface area contributed by atoms with Crippen LogP contribution in [0.5, 0.6) is 0 Å². The number of Topliss-reactive ketones (excluding diaryl/α,β-unsaturated/α-hetero) is 1. The Morgan fingerprint density at radius 2 is 0.971 bits per heavy atom. The highest BCUT2D eigenvalue weighted by Gasteiger charge is 2.17. The van der Waals surface area contributed by atoms with Crippen molar-refractivity contribution in [2.45, 2.75) is 168 Å². The Labute approximate surface area is 219 Å². The Balaban J connectivity index is 2.24. The average molecular weight is 487 g/mol. The van der Waals surface area contributed by atoms with Crippen LogP contribution in [0.25, 0.3) is 0 Å². The maximum atomic E-state index is 13.1. The van der Waals surface area contributed by atoms with Gasteiger partial charge in [-0.2, -0.15) is 0 Å². The maximum absolute atomic E-state index is 13.1. The predicted molar refractivity (Wildman–Crippen MR) is 153 cm³/mol. The Hall–Kier alpha value is -1.18. The van der Waals surface area contributed by atoms with Crippen LogP contribution in [0.4, 0.5) is 0 Å². The molecular formula is C33H60NO+. The number of pyridine rings is 1. The summed E-state index contributed by atoms with van der Waals surface area (Å²) in [5, 5.41) is 0. The molecule has 0 aliphatic rings.